The number of aromatic nitrogens is 5. The molecule has 0 aliphatic carbocycles. The number of hydrogen-bond donors (Lipinski definition) is 2. The summed E-state index contributed by atoms with van der Waals surface area (Å²) < 4.78 is 0. The molecule has 5 aromatic rings. The van der Waals surface area contributed by atoms with Gasteiger partial charge in [0.2, 0.25) is 0 Å². The molecule has 0 fully saturated rings. The largest absolute Gasteiger partial charge is 0.345 e. The lowest BCUT2D eigenvalue weighted by Gasteiger charge is -2.01. The summed E-state index contributed by atoms with van der Waals surface area (Å²) in [7, 11) is 0. The first kappa shape index (κ1) is 13.0. The Bertz CT molecular complexity index is 1150. The van der Waals surface area contributed by atoms with Gasteiger partial charge in [0.25, 0.3) is 0 Å². The molecule has 3 aromatic heterocycles. The summed E-state index contributed by atoms with van der Waals surface area (Å²) >= 11 is 0. The van der Waals surface area contributed by atoms with Crippen LogP contribution in [0.25, 0.3) is 44.6 Å². The third-order valence-corrected chi connectivity index (χ3v) is 4.17. The molecular formula is C19H13N5. The molecule has 0 spiro atoms. The zero-order valence-corrected chi connectivity index (χ0v) is 12.7. The number of H-pyrrole nitrogens is 2. The highest BCUT2D eigenvalue weighted by Crippen LogP contribution is 2.27. The van der Waals surface area contributed by atoms with Gasteiger partial charge in [-0.3, -0.25) is 4.98 Å². The predicted molar refractivity (Wildman–Crippen MR) is 94.4 cm³/mol. The van der Waals surface area contributed by atoms with Crippen molar-refractivity contribution in [3.63, 3.8) is 0 Å². The average molecular weight is 311 g/mol. The fourth-order valence-electron chi connectivity index (χ4n) is 2.94. The highest BCUT2D eigenvalue weighted by Gasteiger charge is 2.07. The van der Waals surface area contributed by atoms with Gasteiger partial charge in [0, 0.05) is 18.0 Å². The molecule has 114 valence electrons. The second-order valence-corrected chi connectivity index (χ2v) is 5.69. The molecule has 3 heterocycles. The summed E-state index contributed by atoms with van der Waals surface area (Å²) in [4.78, 5) is 19.6. The molecule has 0 unspecified atom stereocenters. The number of pyridine rings is 1. The van der Waals surface area contributed by atoms with Crippen LogP contribution in [0.5, 0.6) is 0 Å². The van der Waals surface area contributed by atoms with Crippen LogP contribution in [0.1, 0.15) is 0 Å². The Morgan fingerprint density at radius 2 is 1.62 bits per heavy atom. The monoisotopic (exact) mass is 311 g/mol. The standard InChI is InChI=1S/C19H13N5/c1-2-14(10-20-7-1)19-23-16-6-4-13(9-18(16)24-19)12-3-5-15-17(8-12)22-11-21-15/h1-11H,(H,21,22)(H,23,24). The van der Waals surface area contributed by atoms with Crippen molar-refractivity contribution >= 4 is 22.1 Å². The first-order valence-electron chi connectivity index (χ1n) is 7.70. The van der Waals surface area contributed by atoms with Crippen LogP contribution in [0.2, 0.25) is 0 Å². The number of hydrogen-bond acceptors (Lipinski definition) is 3. The molecule has 0 bridgehead atoms. The summed E-state index contributed by atoms with van der Waals surface area (Å²) in [5, 5.41) is 0. The van der Waals surface area contributed by atoms with Gasteiger partial charge >= 0.3 is 0 Å². The summed E-state index contributed by atoms with van der Waals surface area (Å²) in [6.45, 7) is 0. The Morgan fingerprint density at radius 3 is 2.46 bits per heavy atom. The van der Waals surface area contributed by atoms with E-state index >= 15 is 0 Å². The van der Waals surface area contributed by atoms with E-state index in [0.717, 1.165) is 44.6 Å². The molecule has 0 aliphatic heterocycles. The number of aromatic amines is 2. The number of imidazole rings is 2. The molecule has 2 aromatic carbocycles. The highest BCUT2D eigenvalue weighted by atomic mass is 14.9. The number of rotatable bonds is 2. The number of nitrogens with zero attached hydrogens (tertiary/aromatic N) is 3. The molecule has 5 rings (SSSR count). The minimum absolute atomic E-state index is 0.833. The van der Waals surface area contributed by atoms with E-state index in [4.69, 9.17) is 0 Å². The van der Waals surface area contributed by atoms with Crippen molar-refractivity contribution in [2.75, 3.05) is 0 Å². The van der Waals surface area contributed by atoms with Crippen molar-refractivity contribution in [1.82, 2.24) is 24.9 Å². The van der Waals surface area contributed by atoms with E-state index in [2.05, 4.69) is 49.2 Å². The van der Waals surface area contributed by atoms with E-state index in [1.54, 1.807) is 12.5 Å². The van der Waals surface area contributed by atoms with Crippen molar-refractivity contribution in [1.29, 1.82) is 0 Å². The topological polar surface area (TPSA) is 70.2 Å². The minimum atomic E-state index is 0.833. The van der Waals surface area contributed by atoms with E-state index in [-0.39, 0.29) is 0 Å². The smallest absolute Gasteiger partial charge is 0.140 e. The van der Waals surface area contributed by atoms with Crippen LogP contribution in [-0.2, 0) is 0 Å². The number of fused-ring (bicyclic) bond motifs is 2. The quantitative estimate of drug-likeness (QED) is 0.514. The van der Waals surface area contributed by atoms with E-state index < -0.39 is 0 Å². The van der Waals surface area contributed by atoms with Gasteiger partial charge in [-0.15, -0.1) is 0 Å². The van der Waals surface area contributed by atoms with Crippen LogP contribution >= 0.6 is 0 Å². The van der Waals surface area contributed by atoms with E-state index in [0.29, 0.717) is 0 Å². The zero-order valence-electron chi connectivity index (χ0n) is 12.7. The van der Waals surface area contributed by atoms with Crippen molar-refractivity contribution in [2.24, 2.45) is 0 Å². The van der Waals surface area contributed by atoms with Crippen molar-refractivity contribution in [3.05, 3.63) is 67.3 Å². The fourth-order valence-corrected chi connectivity index (χ4v) is 2.94. The van der Waals surface area contributed by atoms with Crippen molar-refractivity contribution in [2.45, 2.75) is 0 Å². The maximum Gasteiger partial charge on any atom is 0.140 e. The molecule has 0 amide bonds. The van der Waals surface area contributed by atoms with Crippen molar-refractivity contribution < 1.29 is 0 Å². The van der Waals surface area contributed by atoms with E-state index in [1.165, 1.54) is 0 Å². The second kappa shape index (κ2) is 5.03. The molecule has 0 atom stereocenters. The second-order valence-electron chi connectivity index (χ2n) is 5.69. The Morgan fingerprint density at radius 1 is 0.792 bits per heavy atom. The summed E-state index contributed by atoms with van der Waals surface area (Å²) in [6, 6.07) is 16.4. The fraction of sp³-hybridized carbons (Fsp3) is 0. The molecule has 5 nitrogen and oxygen atoms in total. The maximum atomic E-state index is 4.65. The van der Waals surface area contributed by atoms with Gasteiger partial charge in [0.05, 0.1) is 28.4 Å². The van der Waals surface area contributed by atoms with Crippen LogP contribution in [-0.4, -0.2) is 24.9 Å². The highest BCUT2D eigenvalue weighted by molar-refractivity contribution is 5.87. The SMILES string of the molecule is c1cncc(-c2nc3ccc(-c4ccc5nc[nH]c5c4)cc3[nH]2)c1. The first-order chi connectivity index (χ1) is 11.9. The van der Waals surface area contributed by atoms with E-state index in [9.17, 15) is 0 Å². The molecular weight excluding hydrogens is 298 g/mol. The van der Waals surface area contributed by atoms with Gasteiger partial charge in [-0.05, 0) is 47.5 Å². The molecule has 0 aliphatic rings. The maximum absolute atomic E-state index is 4.65. The Kier molecular flexibility index (Phi) is 2.72. The van der Waals surface area contributed by atoms with Gasteiger partial charge in [0.15, 0.2) is 0 Å². The van der Waals surface area contributed by atoms with Gasteiger partial charge in [0.1, 0.15) is 5.82 Å². The number of nitrogens with one attached hydrogen (secondary N) is 2. The van der Waals surface area contributed by atoms with Crippen LogP contribution in [0.15, 0.2) is 67.3 Å². The lowest BCUT2D eigenvalue weighted by molar-refractivity contribution is 1.27. The van der Waals surface area contributed by atoms with Gasteiger partial charge in [-0.2, -0.15) is 0 Å². The van der Waals surface area contributed by atoms with Crippen LogP contribution in [0, 0.1) is 0 Å². The molecule has 0 saturated heterocycles. The van der Waals surface area contributed by atoms with Gasteiger partial charge in [-0.25, -0.2) is 9.97 Å². The lowest BCUT2D eigenvalue weighted by atomic mass is 10.0. The predicted octanol–water partition coefficient (Wildman–Crippen LogP) is 4.17. The molecule has 2 N–H and O–H groups in total. The van der Waals surface area contributed by atoms with Gasteiger partial charge in [-0.1, -0.05) is 12.1 Å². The van der Waals surface area contributed by atoms with Crippen LogP contribution in [0.3, 0.4) is 0 Å². The third-order valence-electron chi connectivity index (χ3n) is 4.17. The normalized spacial score (nSPS) is 11.3. The lowest BCUT2D eigenvalue weighted by Crippen LogP contribution is -1.80. The summed E-state index contributed by atoms with van der Waals surface area (Å²) in [5.41, 5.74) is 7.23. The Labute approximate surface area is 137 Å². The summed E-state index contributed by atoms with van der Waals surface area (Å²) in [6.07, 6.45) is 5.29. The zero-order chi connectivity index (χ0) is 15.9. The molecule has 0 saturated carbocycles. The summed E-state index contributed by atoms with van der Waals surface area (Å²) in [5.74, 6) is 0.833. The van der Waals surface area contributed by atoms with Crippen LogP contribution < -0.4 is 0 Å². The Hall–Kier alpha value is -3.47. The molecule has 24 heavy (non-hydrogen) atoms. The first-order valence-corrected chi connectivity index (χ1v) is 7.70. The minimum Gasteiger partial charge on any atom is -0.345 e. The average Bonchev–Trinajstić information content (AvgIpc) is 3.27. The molecule has 5 heteroatoms. The Balaban J connectivity index is 1.62. The molecule has 0 radical (unpaired) electrons. The van der Waals surface area contributed by atoms with Crippen LogP contribution in [0.4, 0.5) is 0 Å². The third kappa shape index (κ3) is 2.06. The number of benzene rings is 2. The van der Waals surface area contributed by atoms with Gasteiger partial charge < -0.3 is 9.97 Å². The van der Waals surface area contributed by atoms with E-state index in [1.807, 2.05) is 30.5 Å². The van der Waals surface area contributed by atoms with Crippen molar-refractivity contribution in [3.8, 4) is 22.5 Å².